The molecule has 0 radical (unpaired) electrons. The monoisotopic (exact) mass is 406 g/mol. The molecule has 7 heteroatoms. The third-order valence-corrected chi connectivity index (χ3v) is 5.26. The van der Waals surface area contributed by atoms with Crippen LogP contribution in [0.25, 0.3) is 5.69 Å². The highest BCUT2D eigenvalue weighted by Gasteiger charge is 2.26. The van der Waals surface area contributed by atoms with Gasteiger partial charge in [0.2, 0.25) is 5.43 Å². The largest absolute Gasteiger partial charge is 0.346 e. The molecule has 0 saturated carbocycles. The molecule has 1 saturated heterocycles. The van der Waals surface area contributed by atoms with Gasteiger partial charge in [-0.3, -0.25) is 14.5 Å². The summed E-state index contributed by atoms with van der Waals surface area (Å²) in [4.78, 5) is 27.4. The Labute approximate surface area is 174 Å². The molecule has 1 aliphatic rings. The van der Waals surface area contributed by atoms with Gasteiger partial charge in [0.15, 0.2) is 5.69 Å². The van der Waals surface area contributed by atoms with Gasteiger partial charge < -0.3 is 5.32 Å². The zero-order chi connectivity index (χ0) is 21.1. The number of amides is 1. The standard InChI is InChI=1S/C23H23FN4O2/c1-16-13-21(29)22(26-28(16)20-10-6-5-9-19(20)24)23(30)25-18-11-12-27(15-18)14-17-7-3-2-4-8-17/h2-10,13,18H,11-12,14-15H2,1H3,(H,25,30)/t18-/m0/s1. The number of nitrogens with zero attached hydrogens (tertiary/aromatic N) is 3. The maximum absolute atomic E-state index is 14.2. The lowest BCUT2D eigenvalue weighted by molar-refractivity contribution is 0.0929. The molecule has 1 amide bonds. The van der Waals surface area contributed by atoms with E-state index in [1.807, 2.05) is 18.2 Å². The fourth-order valence-corrected chi connectivity index (χ4v) is 3.76. The van der Waals surface area contributed by atoms with Crippen molar-refractivity contribution in [2.75, 3.05) is 13.1 Å². The van der Waals surface area contributed by atoms with Crippen molar-refractivity contribution < 1.29 is 9.18 Å². The highest BCUT2D eigenvalue weighted by atomic mass is 19.1. The summed E-state index contributed by atoms with van der Waals surface area (Å²) in [7, 11) is 0. The minimum absolute atomic E-state index is 0.0642. The van der Waals surface area contributed by atoms with Crippen molar-refractivity contribution in [3.63, 3.8) is 0 Å². The number of benzene rings is 2. The van der Waals surface area contributed by atoms with Gasteiger partial charge in [-0.15, -0.1) is 0 Å². The molecule has 1 atom stereocenters. The fourth-order valence-electron chi connectivity index (χ4n) is 3.76. The number of nitrogens with one attached hydrogen (secondary N) is 1. The lowest BCUT2D eigenvalue weighted by Crippen LogP contribution is -2.40. The molecule has 30 heavy (non-hydrogen) atoms. The smallest absolute Gasteiger partial charge is 0.276 e. The van der Waals surface area contributed by atoms with Crippen LogP contribution >= 0.6 is 0 Å². The van der Waals surface area contributed by atoms with Crippen molar-refractivity contribution in [1.29, 1.82) is 0 Å². The Kier molecular flexibility index (Phi) is 5.72. The first kappa shape index (κ1) is 20.0. The topological polar surface area (TPSA) is 67.2 Å². The molecule has 2 heterocycles. The minimum atomic E-state index is -0.531. The normalized spacial score (nSPS) is 16.5. The van der Waals surface area contributed by atoms with Gasteiger partial charge in [0.1, 0.15) is 11.5 Å². The van der Waals surface area contributed by atoms with Crippen LogP contribution in [-0.2, 0) is 6.54 Å². The first-order valence-corrected chi connectivity index (χ1v) is 9.94. The van der Waals surface area contributed by atoms with E-state index in [2.05, 4.69) is 27.4 Å². The van der Waals surface area contributed by atoms with E-state index >= 15 is 0 Å². The number of rotatable bonds is 5. The van der Waals surface area contributed by atoms with E-state index in [0.29, 0.717) is 12.2 Å². The van der Waals surface area contributed by atoms with Crippen LogP contribution in [-0.4, -0.2) is 39.7 Å². The van der Waals surface area contributed by atoms with Crippen molar-refractivity contribution in [2.24, 2.45) is 0 Å². The molecule has 0 bridgehead atoms. The Morgan fingerprint density at radius 3 is 2.67 bits per heavy atom. The SMILES string of the molecule is Cc1cc(=O)c(C(=O)N[C@H]2CCN(Cc3ccccc3)C2)nn1-c1ccccc1F. The van der Waals surface area contributed by atoms with Gasteiger partial charge in [-0.2, -0.15) is 5.10 Å². The molecule has 3 aromatic rings. The third kappa shape index (κ3) is 4.31. The van der Waals surface area contributed by atoms with Crippen LogP contribution in [0.4, 0.5) is 4.39 Å². The van der Waals surface area contributed by atoms with E-state index < -0.39 is 17.2 Å². The van der Waals surface area contributed by atoms with Gasteiger partial charge in [0, 0.05) is 37.4 Å². The predicted molar refractivity (Wildman–Crippen MR) is 112 cm³/mol. The van der Waals surface area contributed by atoms with Crippen molar-refractivity contribution >= 4 is 5.91 Å². The molecule has 0 unspecified atom stereocenters. The number of aromatic nitrogens is 2. The summed E-state index contributed by atoms with van der Waals surface area (Å²) in [6, 6.07) is 17.5. The average molecular weight is 406 g/mol. The van der Waals surface area contributed by atoms with E-state index in [1.165, 1.54) is 22.4 Å². The van der Waals surface area contributed by atoms with E-state index in [9.17, 15) is 14.0 Å². The molecule has 154 valence electrons. The zero-order valence-corrected chi connectivity index (χ0v) is 16.7. The lowest BCUT2D eigenvalue weighted by Gasteiger charge is -2.17. The maximum Gasteiger partial charge on any atom is 0.276 e. The third-order valence-electron chi connectivity index (χ3n) is 5.26. The number of hydrogen-bond acceptors (Lipinski definition) is 4. The average Bonchev–Trinajstić information content (AvgIpc) is 3.16. The lowest BCUT2D eigenvalue weighted by atomic mass is 10.2. The molecule has 1 fully saturated rings. The van der Waals surface area contributed by atoms with E-state index in [-0.39, 0.29) is 17.4 Å². The number of likely N-dealkylation sites (tertiary alicyclic amines) is 1. The van der Waals surface area contributed by atoms with Crippen molar-refractivity contribution in [1.82, 2.24) is 20.0 Å². The number of para-hydroxylation sites is 1. The Morgan fingerprint density at radius 1 is 1.17 bits per heavy atom. The molecule has 6 nitrogen and oxygen atoms in total. The second-order valence-corrected chi connectivity index (χ2v) is 7.54. The second-order valence-electron chi connectivity index (χ2n) is 7.54. The van der Waals surface area contributed by atoms with Crippen LogP contribution in [0.1, 0.15) is 28.2 Å². The van der Waals surface area contributed by atoms with Crippen molar-refractivity contribution in [3.05, 3.63) is 93.7 Å². The zero-order valence-electron chi connectivity index (χ0n) is 16.7. The number of hydrogen-bond donors (Lipinski definition) is 1. The Hall–Kier alpha value is -3.32. The molecule has 1 aromatic heterocycles. The van der Waals surface area contributed by atoms with Crippen LogP contribution in [0.5, 0.6) is 0 Å². The fraction of sp³-hybridized carbons (Fsp3) is 0.261. The number of carbonyl (C=O) groups excluding carboxylic acids is 1. The van der Waals surface area contributed by atoms with Crippen LogP contribution in [0, 0.1) is 12.7 Å². The molecule has 1 N–H and O–H groups in total. The molecule has 4 rings (SSSR count). The Balaban J connectivity index is 1.48. The van der Waals surface area contributed by atoms with Crippen LogP contribution in [0.15, 0.2) is 65.5 Å². The summed E-state index contributed by atoms with van der Waals surface area (Å²) in [5.41, 5.74) is 1.16. The van der Waals surface area contributed by atoms with Gasteiger partial charge in [-0.25, -0.2) is 9.07 Å². The van der Waals surface area contributed by atoms with Gasteiger partial charge >= 0.3 is 0 Å². The van der Waals surface area contributed by atoms with E-state index in [1.54, 1.807) is 25.1 Å². The van der Waals surface area contributed by atoms with E-state index in [0.717, 1.165) is 19.5 Å². The first-order valence-electron chi connectivity index (χ1n) is 9.94. The number of carbonyl (C=O) groups is 1. The second kappa shape index (κ2) is 8.59. The predicted octanol–water partition coefficient (Wildman–Crippen LogP) is 2.68. The van der Waals surface area contributed by atoms with E-state index in [4.69, 9.17) is 0 Å². The molecule has 0 aliphatic carbocycles. The molecule has 0 spiro atoms. The highest BCUT2D eigenvalue weighted by Crippen LogP contribution is 2.15. The summed E-state index contributed by atoms with van der Waals surface area (Å²) in [6.07, 6.45) is 0.798. The molecule has 1 aliphatic heterocycles. The highest BCUT2D eigenvalue weighted by molar-refractivity contribution is 5.92. The summed E-state index contributed by atoms with van der Waals surface area (Å²) in [5, 5.41) is 7.08. The summed E-state index contributed by atoms with van der Waals surface area (Å²) >= 11 is 0. The quantitative estimate of drug-likeness (QED) is 0.708. The molecular formula is C23H23FN4O2. The van der Waals surface area contributed by atoms with Crippen molar-refractivity contribution in [2.45, 2.75) is 25.9 Å². The number of aryl methyl sites for hydroxylation is 1. The van der Waals surface area contributed by atoms with Gasteiger partial charge in [0.25, 0.3) is 5.91 Å². The van der Waals surface area contributed by atoms with Gasteiger partial charge in [-0.1, -0.05) is 42.5 Å². The Bertz CT molecular complexity index is 1110. The summed E-state index contributed by atoms with van der Waals surface area (Å²) < 4.78 is 15.5. The molecule has 2 aromatic carbocycles. The van der Waals surface area contributed by atoms with Gasteiger partial charge in [-0.05, 0) is 31.0 Å². The maximum atomic E-state index is 14.2. The summed E-state index contributed by atoms with van der Waals surface area (Å²) in [6.45, 7) is 4.03. The van der Waals surface area contributed by atoms with Crippen LogP contribution in [0.2, 0.25) is 0 Å². The van der Waals surface area contributed by atoms with Crippen LogP contribution in [0.3, 0.4) is 0 Å². The Morgan fingerprint density at radius 2 is 1.90 bits per heavy atom. The molecular weight excluding hydrogens is 383 g/mol. The first-order chi connectivity index (χ1) is 14.5. The summed E-state index contributed by atoms with van der Waals surface area (Å²) in [5.74, 6) is -1.01. The minimum Gasteiger partial charge on any atom is -0.346 e. The van der Waals surface area contributed by atoms with Gasteiger partial charge in [0.05, 0.1) is 0 Å². The van der Waals surface area contributed by atoms with Crippen LogP contribution < -0.4 is 10.7 Å². The van der Waals surface area contributed by atoms with Crippen molar-refractivity contribution in [3.8, 4) is 5.69 Å². The number of halogens is 1.